The van der Waals surface area contributed by atoms with Crippen LogP contribution < -0.4 is 5.32 Å². The van der Waals surface area contributed by atoms with E-state index in [9.17, 15) is 8.42 Å². The highest BCUT2D eigenvalue weighted by atomic mass is 32.2. The Bertz CT molecular complexity index is 651. The summed E-state index contributed by atoms with van der Waals surface area (Å²) < 4.78 is 28.0. The summed E-state index contributed by atoms with van der Waals surface area (Å²) in [5, 5.41) is 3.32. The van der Waals surface area contributed by atoms with E-state index in [1.807, 2.05) is 24.1 Å². The molecule has 0 amide bonds. The van der Waals surface area contributed by atoms with Crippen LogP contribution in [0.15, 0.2) is 33.6 Å². The SMILES string of the molecule is CN(CCN1CCNCC1)C1=NS(=O)(=O)c2ccccc21. The molecule has 0 spiro atoms. The van der Waals surface area contributed by atoms with Gasteiger partial charge in [0.1, 0.15) is 4.90 Å². The van der Waals surface area contributed by atoms with Crippen LogP contribution in [0.4, 0.5) is 0 Å². The Kier molecular flexibility index (Phi) is 3.97. The van der Waals surface area contributed by atoms with Gasteiger partial charge >= 0.3 is 0 Å². The number of amidine groups is 1. The molecule has 0 saturated carbocycles. The summed E-state index contributed by atoms with van der Waals surface area (Å²) in [7, 11) is -1.62. The number of piperazine rings is 1. The monoisotopic (exact) mass is 308 g/mol. The maximum Gasteiger partial charge on any atom is 0.285 e. The van der Waals surface area contributed by atoms with E-state index in [1.54, 1.807) is 12.1 Å². The van der Waals surface area contributed by atoms with Crippen LogP contribution in [-0.4, -0.2) is 70.4 Å². The second-order valence-electron chi connectivity index (χ2n) is 5.40. The summed E-state index contributed by atoms with van der Waals surface area (Å²) in [6.07, 6.45) is 0. The van der Waals surface area contributed by atoms with Crippen molar-refractivity contribution in [1.29, 1.82) is 0 Å². The minimum atomic E-state index is -3.52. The molecule has 2 aliphatic rings. The fourth-order valence-electron chi connectivity index (χ4n) is 2.70. The van der Waals surface area contributed by atoms with Crippen LogP contribution in [0, 0.1) is 0 Å². The Balaban J connectivity index is 1.72. The van der Waals surface area contributed by atoms with Crippen molar-refractivity contribution in [1.82, 2.24) is 15.1 Å². The lowest BCUT2D eigenvalue weighted by Crippen LogP contribution is -2.46. The molecule has 0 unspecified atom stereocenters. The molecule has 0 aliphatic carbocycles. The lowest BCUT2D eigenvalue weighted by atomic mass is 10.2. The maximum absolute atomic E-state index is 12.0. The van der Waals surface area contributed by atoms with Crippen LogP contribution in [0.5, 0.6) is 0 Å². The fraction of sp³-hybridized carbons (Fsp3) is 0.500. The number of nitrogens with zero attached hydrogens (tertiary/aromatic N) is 3. The Morgan fingerprint density at radius 1 is 1.29 bits per heavy atom. The predicted octanol–water partition coefficient (Wildman–Crippen LogP) is -0.0275. The number of fused-ring (bicyclic) bond motifs is 1. The van der Waals surface area contributed by atoms with Crippen molar-refractivity contribution in [3.8, 4) is 0 Å². The van der Waals surface area contributed by atoms with E-state index in [2.05, 4.69) is 14.6 Å². The first-order chi connectivity index (χ1) is 10.1. The van der Waals surface area contributed by atoms with Gasteiger partial charge in [-0.15, -0.1) is 4.40 Å². The standard InChI is InChI=1S/C14H20N4O2S/c1-17(10-11-18-8-6-15-7-9-18)14-12-4-2-3-5-13(12)21(19,20)16-14/h2-5,15H,6-11H2,1H3. The largest absolute Gasteiger partial charge is 0.357 e. The number of rotatable bonds is 3. The third-order valence-corrected chi connectivity index (χ3v) is 5.26. The van der Waals surface area contributed by atoms with Crippen LogP contribution in [0.2, 0.25) is 0 Å². The molecule has 1 N–H and O–H groups in total. The Hall–Kier alpha value is -1.44. The zero-order valence-corrected chi connectivity index (χ0v) is 12.9. The van der Waals surface area contributed by atoms with Gasteiger partial charge in [-0.2, -0.15) is 8.42 Å². The van der Waals surface area contributed by atoms with Crippen LogP contribution in [0.1, 0.15) is 5.56 Å². The average Bonchev–Trinajstić information content (AvgIpc) is 2.78. The highest BCUT2D eigenvalue weighted by Crippen LogP contribution is 2.26. The molecular weight excluding hydrogens is 288 g/mol. The molecule has 1 aromatic carbocycles. The molecule has 2 heterocycles. The van der Waals surface area contributed by atoms with Crippen LogP contribution in [0.25, 0.3) is 0 Å². The number of sulfonamides is 1. The van der Waals surface area contributed by atoms with Gasteiger partial charge in [0, 0.05) is 51.9 Å². The van der Waals surface area contributed by atoms with Gasteiger partial charge < -0.3 is 10.2 Å². The van der Waals surface area contributed by atoms with Crippen molar-refractivity contribution in [3.05, 3.63) is 29.8 Å². The first-order valence-corrected chi connectivity index (χ1v) is 8.60. The highest BCUT2D eigenvalue weighted by Gasteiger charge is 2.30. The van der Waals surface area contributed by atoms with Gasteiger partial charge in [-0.3, -0.25) is 4.90 Å². The quantitative estimate of drug-likeness (QED) is 0.850. The Labute approximate surface area is 125 Å². The summed E-state index contributed by atoms with van der Waals surface area (Å²) in [5.41, 5.74) is 0.709. The van der Waals surface area contributed by atoms with Crippen molar-refractivity contribution in [2.45, 2.75) is 4.90 Å². The predicted molar refractivity (Wildman–Crippen MR) is 82.1 cm³/mol. The fourth-order valence-corrected chi connectivity index (χ4v) is 3.95. The molecular formula is C14H20N4O2S. The van der Waals surface area contributed by atoms with Gasteiger partial charge in [0.05, 0.1) is 0 Å². The highest BCUT2D eigenvalue weighted by molar-refractivity contribution is 7.90. The molecule has 0 atom stereocenters. The number of hydrogen-bond acceptors (Lipinski definition) is 5. The van der Waals surface area contributed by atoms with E-state index in [-0.39, 0.29) is 0 Å². The van der Waals surface area contributed by atoms with Crippen LogP contribution >= 0.6 is 0 Å². The summed E-state index contributed by atoms with van der Waals surface area (Å²) >= 11 is 0. The van der Waals surface area contributed by atoms with Crippen LogP contribution in [0.3, 0.4) is 0 Å². The van der Waals surface area contributed by atoms with E-state index < -0.39 is 10.0 Å². The smallest absolute Gasteiger partial charge is 0.285 e. The second kappa shape index (κ2) is 5.75. The lowest BCUT2D eigenvalue weighted by Gasteiger charge is -2.29. The molecule has 1 fully saturated rings. The number of hydrogen-bond donors (Lipinski definition) is 1. The van der Waals surface area contributed by atoms with E-state index in [0.29, 0.717) is 16.3 Å². The Morgan fingerprint density at radius 2 is 2.00 bits per heavy atom. The number of likely N-dealkylation sites (N-methyl/N-ethyl adjacent to an activating group) is 1. The molecule has 1 aromatic rings. The first-order valence-electron chi connectivity index (χ1n) is 7.16. The second-order valence-corrected chi connectivity index (χ2v) is 6.97. The van der Waals surface area contributed by atoms with Crippen molar-refractivity contribution in [2.75, 3.05) is 46.3 Å². The number of nitrogens with one attached hydrogen (secondary N) is 1. The van der Waals surface area contributed by atoms with E-state index in [1.165, 1.54) is 0 Å². The number of benzene rings is 1. The molecule has 21 heavy (non-hydrogen) atoms. The van der Waals surface area contributed by atoms with Crippen molar-refractivity contribution < 1.29 is 8.42 Å². The lowest BCUT2D eigenvalue weighted by molar-refractivity contribution is 0.227. The van der Waals surface area contributed by atoms with Gasteiger partial charge in [0.25, 0.3) is 10.0 Å². The molecule has 0 bridgehead atoms. The molecule has 0 radical (unpaired) electrons. The summed E-state index contributed by atoms with van der Waals surface area (Å²) in [6.45, 7) is 5.79. The van der Waals surface area contributed by atoms with Crippen molar-refractivity contribution in [2.24, 2.45) is 4.40 Å². The first kappa shape index (κ1) is 14.5. The molecule has 2 aliphatic heterocycles. The van der Waals surface area contributed by atoms with Gasteiger partial charge in [0.2, 0.25) is 0 Å². The van der Waals surface area contributed by atoms with Gasteiger partial charge in [-0.1, -0.05) is 12.1 Å². The normalized spacial score (nSPS) is 20.9. The molecule has 6 nitrogen and oxygen atoms in total. The van der Waals surface area contributed by atoms with E-state index in [0.717, 1.165) is 39.3 Å². The van der Waals surface area contributed by atoms with E-state index >= 15 is 0 Å². The van der Waals surface area contributed by atoms with Gasteiger partial charge in [-0.25, -0.2) is 0 Å². The molecule has 114 valence electrons. The Morgan fingerprint density at radius 3 is 2.76 bits per heavy atom. The summed E-state index contributed by atoms with van der Waals surface area (Å²) in [4.78, 5) is 4.63. The van der Waals surface area contributed by atoms with Crippen LogP contribution in [-0.2, 0) is 10.0 Å². The van der Waals surface area contributed by atoms with Crippen molar-refractivity contribution >= 4 is 15.9 Å². The van der Waals surface area contributed by atoms with E-state index in [4.69, 9.17) is 0 Å². The van der Waals surface area contributed by atoms with Crippen molar-refractivity contribution in [3.63, 3.8) is 0 Å². The zero-order valence-electron chi connectivity index (χ0n) is 12.1. The third kappa shape index (κ3) is 2.95. The summed E-state index contributed by atoms with van der Waals surface area (Å²) in [6, 6.07) is 7.01. The minimum absolute atomic E-state index is 0.314. The zero-order chi connectivity index (χ0) is 14.9. The maximum atomic E-state index is 12.0. The topological polar surface area (TPSA) is 65.0 Å². The molecule has 3 rings (SSSR count). The molecule has 7 heteroatoms. The van der Waals surface area contributed by atoms with Gasteiger partial charge in [-0.05, 0) is 12.1 Å². The summed E-state index contributed by atoms with van der Waals surface area (Å²) in [5.74, 6) is 0.556. The van der Waals surface area contributed by atoms with Gasteiger partial charge in [0.15, 0.2) is 5.84 Å². The molecule has 0 aromatic heterocycles. The third-order valence-electron chi connectivity index (χ3n) is 3.94. The average molecular weight is 308 g/mol. The molecule has 1 saturated heterocycles. The minimum Gasteiger partial charge on any atom is -0.357 e.